The van der Waals surface area contributed by atoms with Gasteiger partial charge in [0.25, 0.3) is 5.69 Å². The summed E-state index contributed by atoms with van der Waals surface area (Å²) in [5.74, 6) is 0.328. The summed E-state index contributed by atoms with van der Waals surface area (Å²) in [5, 5.41) is 16.6. The van der Waals surface area contributed by atoms with Crippen LogP contribution in [-0.2, 0) is 4.79 Å². The minimum atomic E-state index is -0.488. The largest absolute Gasteiger partial charge is 0.370 e. The molecule has 0 saturated carbocycles. The molecule has 0 aliphatic rings. The molecule has 1 aromatic heterocycles. The Morgan fingerprint density at radius 3 is 2.42 bits per heavy atom. The topological polar surface area (TPSA) is 123 Å². The SMILES string of the molecule is CCCNc1cc([N+](=O)[O-])cc(NCCC(N)=O)n1. The molecule has 0 unspecified atom stereocenters. The van der Waals surface area contributed by atoms with E-state index in [2.05, 4.69) is 15.6 Å². The van der Waals surface area contributed by atoms with E-state index in [1.807, 2.05) is 6.92 Å². The Balaban J connectivity index is 2.80. The number of anilines is 2. The number of nitrogens with one attached hydrogen (secondary N) is 2. The average Bonchev–Trinajstić information content (AvgIpc) is 2.35. The van der Waals surface area contributed by atoms with Gasteiger partial charge in [-0.15, -0.1) is 0 Å². The first kappa shape index (κ1) is 14.7. The highest BCUT2D eigenvalue weighted by Crippen LogP contribution is 2.20. The number of carbonyl (C=O) groups excluding carboxylic acids is 1. The Bertz CT molecular complexity index is 464. The van der Waals surface area contributed by atoms with E-state index in [1.54, 1.807) is 0 Å². The number of amides is 1. The molecule has 1 rings (SSSR count). The van der Waals surface area contributed by atoms with Crippen molar-refractivity contribution in [3.8, 4) is 0 Å². The van der Waals surface area contributed by atoms with E-state index < -0.39 is 10.8 Å². The summed E-state index contributed by atoms with van der Waals surface area (Å²) in [6, 6.07) is 2.69. The second-order valence-corrected chi connectivity index (χ2v) is 3.92. The van der Waals surface area contributed by atoms with Crippen molar-refractivity contribution < 1.29 is 9.72 Å². The van der Waals surface area contributed by atoms with Crippen LogP contribution in [0.25, 0.3) is 0 Å². The maximum atomic E-state index is 10.8. The maximum Gasteiger partial charge on any atom is 0.276 e. The fourth-order valence-corrected chi connectivity index (χ4v) is 1.37. The number of hydrogen-bond donors (Lipinski definition) is 3. The van der Waals surface area contributed by atoms with Crippen molar-refractivity contribution in [1.29, 1.82) is 0 Å². The van der Waals surface area contributed by atoms with Crippen molar-refractivity contribution in [2.24, 2.45) is 5.73 Å². The van der Waals surface area contributed by atoms with Crippen LogP contribution in [0.4, 0.5) is 17.3 Å². The summed E-state index contributed by atoms with van der Waals surface area (Å²) in [5.41, 5.74) is 4.95. The number of nitrogens with two attached hydrogens (primary N) is 1. The standard InChI is InChI=1S/C11H17N5O3/c1-2-4-13-10-6-8(16(18)19)7-11(15-10)14-5-3-9(12)17/h6-7H,2-5H2,1H3,(H2,12,17)(H2,13,14,15). The molecule has 104 valence electrons. The third-order valence-electron chi connectivity index (χ3n) is 2.25. The van der Waals surface area contributed by atoms with E-state index in [1.165, 1.54) is 12.1 Å². The van der Waals surface area contributed by atoms with Crippen LogP contribution in [0.15, 0.2) is 12.1 Å². The second kappa shape index (κ2) is 7.14. The molecular formula is C11H17N5O3. The summed E-state index contributed by atoms with van der Waals surface area (Å²) >= 11 is 0. The van der Waals surface area contributed by atoms with Gasteiger partial charge in [-0.2, -0.15) is 0 Å². The van der Waals surface area contributed by atoms with E-state index in [9.17, 15) is 14.9 Å². The number of aromatic nitrogens is 1. The lowest BCUT2D eigenvalue weighted by Gasteiger charge is -2.08. The number of pyridine rings is 1. The first-order valence-corrected chi connectivity index (χ1v) is 5.95. The minimum absolute atomic E-state index is 0.0600. The Morgan fingerprint density at radius 1 is 1.37 bits per heavy atom. The van der Waals surface area contributed by atoms with Gasteiger partial charge in [0, 0.05) is 19.5 Å². The van der Waals surface area contributed by atoms with Crippen molar-refractivity contribution >= 4 is 23.2 Å². The highest BCUT2D eigenvalue weighted by atomic mass is 16.6. The molecule has 0 spiro atoms. The van der Waals surface area contributed by atoms with E-state index >= 15 is 0 Å². The third-order valence-corrected chi connectivity index (χ3v) is 2.25. The van der Waals surface area contributed by atoms with Gasteiger partial charge >= 0.3 is 0 Å². The molecule has 0 saturated heterocycles. The molecule has 4 N–H and O–H groups in total. The summed E-state index contributed by atoms with van der Waals surface area (Å²) in [6.45, 7) is 2.95. The number of carbonyl (C=O) groups is 1. The first-order valence-electron chi connectivity index (χ1n) is 5.95. The van der Waals surface area contributed by atoms with Gasteiger partial charge in [0.1, 0.15) is 11.6 Å². The fraction of sp³-hybridized carbons (Fsp3) is 0.455. The molecule has 0 aromatic carbocycles. The maximum absolute atomic E-state index is 10.8. The molecule has 0 bridgehead atoms. The number of nitro groups is 1. The zero-order chi connectivity index (χ0) is 14.3. The lowest BCUT2D eigenvalue weighted by atomic mass is 10.3. The molecule has 0 radical (unpaired) electrons. The lowest BCUT2D eigenvalue weighted by molar-refractivity contribution is -0.384. The molecule has 8 heteroatoms. The second-order valence-electron chi connectivity index (χ2n) is 3.92. The quantitative estimate of drug-likeness (QED) is 0.478. The van der Waals surface area contributed by atoms with Crippen LogP contribution in [-0.4, -0.2) is 28.9 Å². The molecule has 8 nitrogen and oxygen atoms in total. The number of hydrogen-bond acceptors (Lipinski definition) is 6. The molecule has 1 aromatic rings. The van der Waals surface area contributed by atoms with Gasteiger partial charge in [-0.3, -0.25) is 14.9 Å². The Morgan fingerprint density at radius 2 is 1.95 bits per heavy atom. The predicted molar refractivity (Wildman–Crippen MR) is 72.0 cm³/mol. The van der Waals surface area contributed by atoms with Gasteiger partial charge in [-0.1, -0.05) is 6.92 Å². The van der Waals surface area contributed by atoms with E-state index in [0.717, 1.165) is 6.42 Å². The van der Waals surface area contributed by atoms with E-state index in [0.29, 0.717) is 18.2 Å². The molecule has 0 aliphatic carbocycles. The monoisotopic (exact) mass is 267 g/mol. The normalized spacial score (nSPS) is 9.95. The molecule has 0 fully saturated rings. The van der Waals surface area contributed by atoms with Crippen LogP contribution in [0, 0.1) is 10.1 Å². The van der Waals surface area contributed by atoms with Gasteiger partial charge in [0.05, 0.1) is 17.1 Å². The van der Waals surface area contributed by atoms with Crippen LogP contribution in [0.2, 0.25) is 0 Å². The molecule has 1 amide bonds. The predicted octanol–water partition coefficient (Wildman–Crippen LogP) is 1.10. The van der Waals surface area contributed by atoms with Crippen LogP contribution < -0.4 is 16.4 Å². The van der Waals surface area contributed by atoms with Crippen molar-refractivity contribution in [3.63, 3.8) is 0 Å². The third kappa shape index (κ3) is 5.19. The Labute approximate surface area is 110 Å². The number of primary amides is 1. The summed E-state index contributed by atoms with van der Waals surface area (Å²) in [7, 11) is 0. The first-order chi connectivity index (χ1) is 9.02. The molecule has 19 heavy (non-hydrogen) atoms. The summed E-state index contributed by atoms with van der Waals surface area (Å²) in [6.07, 6.45) is 1.02. The van der Waals surface area contributed by atoms with Gasteiger partial charge in [0.2, 0.25) is 5.91 Å². The summed E-state index contributed by atoms with van der Waals surface area (Å²) < 4.78 is 0. The lowest BCUT2D eigenvalue weighted by Crippen LogP contribution is -2.16. The van der Waals surface area contributed by atoms with Gasteiger partial charge in [-0.05, 0) is 6.42 Å². The van der Waals surface area contributed by atoms with Crippen LogP contribution in [0.3, 0.4) is 0 Å². The molecule has 0 aliphatic heterocycles. The summed E-state index contributed by atoms with van der Waals surface area (Å²) in [4.78, 5) is 25.1. The average molecular weight is 267 g/mol. The Kier molecular flexibility index (Phi) is 5.52. The fourth-order valence-electron chi connectivity index (χ4n) is 1.37. The molecule has 1 heterocycles. The molecule has 0 atom stereocenters. The zero-order valence-corrected chi connectivity index (χ0v) is 10.7. The smallest absolute Gasteiger partial charge is 0.276 e. The van der Waals surface area contributed by atoms with E-state index in [-0.39, 0.29) is 18.7 Å². The highest BCUT2D eigenvalue weighted by Gasteiger charge is 2.11. The van der Waals surface area contributed by atoms with Gasteiger partial charge < -0.3 is 16.4 Å². The molecular weight excluding hydrogens is 250 g/mol. The Hall–Kier alpha value is -2.38. The zero-order valence-electron chi connectivity index (χ0n) is 10.7. The number of nitrogens with zero attached hydrogens (tertiary/aromatic N) is 2. The van der Waals surface area contributed by atoms with Crippen LogP contribution in [0.5, 0.6) is 0 Å². The van der Waals surface area contributed by atoms with Crippen molar-refractivity contribution in [2.45, 2.75) is 19.8 Å². The van der Waals surface area contributed by atoms with Crippen molar-refractivity contribution in [3.05, 3.63) is 22.2 Å². The van der Waals surface area contributed by atoms with Crippen molar-refractivity contribution in [1.82, 2.24) is 4.98 Å². The van der Waals surface area contributed by atoms with Gasteiger partial charge in [0.15, 0.2) is 0 Å². The van der Waals surface area contributed by atoms with Gasteiger partial charge in [-0.25, -0.2) is 4.98 Å². The minimum Gasteiger partial charge on any atom is -0.370 e. The highest BCUT2D eigenvalue weighted by molar-refractivity contribution is 5.74. The number of rotatable bonds is 8. The van der Waals surface area contributed by atoms with Crippen LogP contribution in [0.1, 0.15) is 19.8 Å². The van der Waals surface area contributed by atoms with Crippen LogP contribution >= 0.6 is 0 Å². The van der Waals surface area contributed by atoms with Crippen molar-refractivity contribution in [2.75, 3.05) is 23.7 Å². The van der Waals surface area contributed by atoms with E-state index in [4.69, 9.17) is 5.73 Å².